The Labute approximate surface area is 294 Å². The topological polar surface area (TPSA) is 103 Å². The number of hydrogen-bond acceptors (Lipinski definition) is 7. The number of anilines is 1. The highest BCUT2D eigenvalue weighted by Gasteiger charge is 2.52. The third-order valence-corrected chi connectivity index (χ3v) is 11.9. The predicted octanol–water partition coefficient (Wildman–Crippen LogP) is 6.41. The van der Waals surface area contributed by atoms with E-state index in [0.29, 0.717) is 43.5 Å². The van der Waals surface area contributed by atoms with Gasteiger partial charge in [-0.3, -0.25) is 9.80 Å². The molecular formula is C35H45Br2N5O5. The summed E-state index contributed by atoms with van der Waals surface area (Å²) in [4.78, 5) is 46.3. The monoisotopic (exact) mass is 773 g/mol. The number of amides is 3. The van der Waals surface area contributed by atoms with Gasteiger partial charge in [0.05, 0.1) is 16.1 Å². The van der Waals surface area contributed by atoms with Crippen LogP contribution in [0.4, 0.5) is 15.3 Å². The Hall–Kier alpha value is -2.67. The number of fused-ring (bicyclic) bond motifs is 1. The molecule has 0 spiro atoms. The van der Waals surface area contributed by atoms with E-state index in [0.717, 1.165) is 77.5 Å². The Morgan fingerprint density at radius 1 is 1.00 bits per heavy atom. The number of methoxy groups -OCH3 is 1. The number of piperidine rings is 3. The predicted molar refractivity (Wildman–Crippen MR) is 187 cm³/mol. The fourth-order valence-corrected chi connectivity index (χ4v) is 9.92. The van der Waals surface area contributed by atoms with Gasteiger partial charge >= 0.3 is 12.1 Å². The van der Waals surface area contributed by atoms with Crippen LogP contribution >= 0.6 is 31.9 Å². The molecule has 6 rings (SSSR count). The lowest BCUT2D eigenvalue weighted by Crippen LogP contribution is -2.69. The van der Waals surface area contributed by atoms with Crippen molar-refractivity contribution in [1.82, 2.24) is 20.0 Å². The van der Waals surface area contributed by atoms with Crippen molar-refractivity contribution < 1.29 is 23.9 Å². The van der Waals surface area contributed by atoms with E-state index in [4.69, 9.17) is 9.47 Å². The third-order valence-electron chi connectivity index (χ3n) is 10.8. The quantitative estimate of drug-likeness (QED) is 0.299. The first-order chi connectivity index (χ1) is 22.8. The molecule has 3 amide bonds. The van der Waals surface area contributed by atoms with Gasteiger partial charge in [-0.15, -0.1) is 0 Å². The molecule has 3 fully saturated rings. The van der Waals surface area contributed by atoms with Gasteiger partial charge < -0.3 is 29.8 Å². The minimum Gasteiger partial charge on any atom is -0.494 e. The molecule has 2 N–H and O–H groups in total. The van der Waals surface area contributed by atoms with Crippen molar-refractivity contribution in [3.8, 4) is 5.75 Å². The van der Waals surface area contributed by atoms with Gasteiger partial charge in [0.25, 0.3) is 0 Å². The number of para-hydroxylation sites is 1. The lowest BCUT2D eigenvalue weighted by atomic mass is 9.77. The van der Waals surface area contributed by atoms with Gasteiger partial charge in [-0.25, -0.2) is 9.59 Å². The molecule has 0 aromatic heterocycles. The largest absolute Gasteiger partial charge is 0.494 e. The SMILES string of the molecule is COc1c(Br)cc(COC(=O)N2CC[C@@H](N3CCc4ccccc4NC3=O)C[C@@]2(CC=O)N2CCC(C3CCNCC3)CC2)cc1Br. The number of urea groups is 1. The lowest BCUT2D eigenvalue weighted by molar-refractivity contribution is -0.128. The van der Waals surface area contributed by atoms with Crippen LogP contribution in [0.15, 0.2) is 45.3 Å². The number of nitrogens with one attached hydrogen (secondary N) is 2. The van der Waals surface area contributed by atoms with Crippen LogP contribution in [0.2, 0.25) is 0 Å². The smallest absolute Gasteiger partial charge is 0.411 e. The summed E-state index contributed by atoms with van der Waals surface area (Å²) in [7, 11) is 1.60. The second-order valence-corrected chi connectivity index (χ2v) is 15.0. The van der Waals surface area contributed by atoms with Crippen molar-refractivity contribution in [3.05, 3.63) is 56.5 Å². The van der Waals surface area contributed by atoms with Gasteiger partial charge in [-0.05, 0) is 125 Å². The summed E-state index contributed by atoms with van der Waals surface area (Å²) in [6.07, 6.45) is 6.96. The number of rotatable bonds is 8. The molecule has 4 aliphatic heterocycles. The molecule has 4 heterocycles. The van der Waals surface area contributed by atoms with Crippen LogP contribution in [-0.2, 0) is 22.6 Å². The van der Waals surface area contributed by atoms with E-state index in [2.05, 4.69) is 53.5 Å². The summed E-state index contributed by atoms with van der Waals surface area (Å²) in [5, 5.41) is 6.60. The maximum Gasteiger partial charge on any atom is 0.411 e. The minimum atomic E-state index is -0.888. The standard InChI is InChI=1S/C35H45Br2N5O5/c1-46-32-29(36)20-24(21-30(32)37)23-47-34(45)42-18-11-28(41-17-10-27-4-2-3-5-31(27)39-33(41)44)22-35(42,12-19-43)40-15-8-26(9-16-40)25-6-13-38-14-7-25/h2-5,19-21,25-26,28,38H,6-18,22-23H2,1H3,(H,39,44)/t28-,35+/m1/s1. The average Bonchev–Trinajstić information content (AvgIpc) is 3.25. The van der Waals surface area contributed by atoms with Gasteiger partial charge in [0, 0.05) is 50.7 Å². The molecule has 2 atom stereocenters. The fourth-order valence-electron chi connectivity index (χ4n) is 8.31. The zero-order valence-electron chi connectivity index (χ0n) is 27.0. The fraction of sp³-hybridized carbons (Fsp3) is 0.571. The summed E-state index contributed by atoms with van der Waals surface area (Å²) < 4.78 is 12.9. The van der Waals surface area contributed by atoms with E-state index in [1.165, 1.54) is 12.8 Å². The van der Waals surface area contributed by atoms with Crippen LogP contribution in [0.3, 0.4) is 0 Å². The second kappa shape index (κ2) is 15.3. The number of halogens is 2. The van der Waals surface area contributed by atoms with Crippen LogP contribution in [-0.4, -0.2) is 91.2 Å². The lowest BCUT2D eigenvalue weighted by Gasteiger charge is -2.56. The van der Waals surface area contributed by atoms with Gasteiger partial charge in [0.15, 0.2) is 0 Å². The van der Waals surface area contributed by atoms with E-state index < -0.39 is 11.8 Å². The first-order valence-electron chi connectivity index (χ1n) is 16.8. The summed E-state index contributed by atoms with van der Waals surface area (Å²) in [5.74, 6) is 2.02. The number of nitrogens with zero attached hydrogens (tertiary/aromatic N) is 3. The normalized spacial score (nSPS) is 24.7. The van der Waals surface area contributed by atoms with E-state index in [-0.39, 0.29) is 25.1 Å². The summed E-state index contributed by atoms with van der Waals surface area (Å²) >= 11 is 7.08. The van der Waals surface area contributed by atoms with Crippen molar-refractivity contribution in [3.63, 3.8) is 0 Å². The van der Waals surface area contributed by atoms with Crippen LogP contribution in [0.25, 0.3) is 0 Å². The summed E-state index contributed by atoms with van der Waals surface area (Å²) in [6, 6.07) is 11.4. The highest BCUT2D eigenvalue weighted by Crippen LogP contribution is 2.42. The number of ether oxygens (including phenoxy) is 2. The van der Waals surface area contributed by atoms with Crippen molar-refractivity contribution in [1.29, 1.82) is 0 Å². The highest BCUT2D eigenvalue weighted by molar-refractivity contribution is 9.11. The Kier molecular flexibility index (Phi) is 11.1. The third kappa shape index (κ3) is 7.35. The molecular weight excluding hydrogens is 730 g/mol. The van der Waals surface area contributed by atoms with E-state index in [1.54, 1.807) is 12.0 Å². The van der Waals surface area contributed by atoms with Gasteiger partial charge in [-0.2, -0.15) is 0 Å². The van der Waals surface area contributed by atoms with Crippen LogP contribution in [0.5, 0.6) is 5.75 Å². The maximum atomic E-state index is 14.1. The number of hydrogen-bond donors (Lipinski definition) is 2. The molecule has 254 valence electrons. The molecule has 0 saturated carbocycles. The van der Waals surface area contributed by atoms with Crippen molar-refractivity contribution in [2.24, 2.45) is 11.8 Å². The van der Waals surface area contributed by atoms with E-state index in [1.807, 2.05) is 35.2 Å². The molecule has 3 saturated heterocycles. The second-order valence-electron chi connectivity index (χ2n) is 13.2. The number of likely N-dealkylation sites (tertiary alicyclic amines) is 2. The Morgan fingerprint density at radius 2 is 1.70 bits per heavy atom. The highest BCUT2D eigenvalue weighted by atomic mass is 79.9. The molecule has 2 aromatic rings. The van der Waals surface area contributed by atoms with Crippen molar-refractivity contribution >= 4 is 56.0 Å². The number of carbonyl (C=O) groups is 3. The summed E-state index contributed by atoms with van der Waals surface area (Å²) in [6.45, 7) is 4.78. The minimum absolute atomic E-state index is 0.0711. The molecule has 12 heteroatoms. The van der Waals surface area contributed by atoms with Gasteiger partial charge in [-0.1, -0.05) is 18.2 Å². The Morgan fingerprint density at radius 3 is 2.40 bits per heavy atom. The van der Waals surface area contributed by atoms with Gasteiger partial charge in [0.2, 0.25) is 0 Å². The first-order valence-corrected chi connectivity index (χ1v) is 18.4. The number of benzene rings is 2. The zero-order valence-corrected chi connectivity index (χ0v) is 30.2. The average molecular weight is 776 g/mol. The van der Waals surface area contributed by atoms with Gasteiger partial charge in [0.1, 0.15) is 24.3 Å². The Bertz CT molecular complexity index is 1420. The van der Waals surface area contributed by atoms with Crippen molar-refractivity contribution in [2.45, 2.75) is 69.7 Å². The Balaban J connectivity index is 1.24. The van der Waals surface area contributed by atoms with E-state index in [9.17, 15) is 14.4 Å². The molecule has 0 radical (unpaired) electrons. The van der Waals surface area contributed by atoms with Crippen LogP contribution in [0.1, 0.15) is 56.1 Å². The summed E-state index contributed by atoms with van der Waals surface area (Å²) in [5.41, 5.74) is 1.87. The first kappa shape index (κ1) is 34.2. The molecule has 4 aliphatic rings. The van der Waals surface area contributed by atoms with Crippen LogP contribution < -0.4 is 15.4 Å². The molecule has 47 heavy (non-hydrogen) atoms. The maximum absolute atomic E-state index is 14.1. The number of carbonyl (C=O) groups excluding carboxylic acids is 3. The number of aldehydes is 1. The zero-order chi connectivity index (χ0) is 33.0. The molecule has 2 aromatic carbocycles. The molecule has 0 bridgehead atoms. The molecule has 0 aliphatic carbocycles. The van der Waals surface area contributed by atoms with Crippen molar-refractivity contribution in [2.75, 3.05) is 51.7 Å². The van der Waals surface area contributed by atoms with Crippen LogP contribution in [0, 0.1) is 11.8 Å². The molecule has 10 nitrogen and oxygen atoms in total. The van der Waals surface area contributed by atoms with E-state index >= 15 is 0 Å². The molecule has 0 unspecified atom stereocenters.